The van der Waals surface area contributed by atoms with E-state index in [0.29, 0.717) is 24.6 Å². The van der Waals surface area contributed by atoms with Crippen molar-refractivity contribution in [2.45, 2.75) is 39.0 Å². The molecule has 21 heavy (non-hydrogen) atoms. The van der Waals surface area contributed by atoms with Crippen LogP contribution in [0, 0.1) is 12.8 Å². The first kappa shape index (κ1) is 13.9. The van der Waals surface area contributed by atoms with Crippen LogP contribution in [0.2, 0.25) is 0 Å². The second-order valence-corrected chi connectivity index (χ2v) is 5.89. The van der Waals surface area contributed by atoms with Crippen LogP contribution in [-0.4, -0.2) is 10.9 Å². The van der Waals surface area contributed by atoms with Crippen LogP contribution in [0.25, 0.3) is 0 Å². The van der Waals surface area contributed by atoms with Gasteiger partial charge in [0.25, 0.3) is 0 Å². The predicted octanol–water partition coefficient (Wildman–Crippen LogP) is 3.68. The van der Waals surface area contributed by atoms with Crippen molar-refractivity contribution in [1.29, 1.82) is 0 Å². The number of aromatic nitrogens is 1. The van der Waals surface area contributed by atoms with Gasteiger partial charge >= 0.3 is 0 Å². The van der Waals surface area contributed by atoms with Crippen LogP contribution in [0.15, 0.2) is 34.9 Å². The number of nitrogens with one attached hydrogen (secondary N) is 1. The van der Waals surface area contributed by atoms with E-state index in [0.717, 1.165) is 23.0 Å². The van der Waals surface area contributed by atoms with Gasteiger partial charge in [-0.05, 0) is 49.1 Å². The molecule has 2 aromatic rings. The minimum Gasteiger partial charge on any atom is -0.466 e. The zero-order chi connectivity index (χ0) is 14.8. The third-order valence-electron chi connectivity index (χ3n) is 3.94. The van der Waals surface area contributed by atoms with Gasteiger partial charge in [-0.2, -0.15) is 0 Å². The quantitative estimate of drug-likeness (QED) is 0.911. The Kier molecular flexibility index (Phi) is 3.78. The highest BCUT2D eigenvalue weighted by molar-refractivity contribution is 5.89. The maximum atomic E-state index is 11.9. The number of anilines is 1. The topological polar surface area (TPSA) is 55.1 Å². The molecule has 1 N–H and O–H groups in total. The van der Waals surface area contributed by atoms with Crippen LogP contribution in [0.1, 0.15) is 42.8 Å². The average Bonchev–Trinajstić information content (AvgIpc) is 3.00. The highest BCUT2D eigenvalue weighted by Gasteiger charge is 2.36. The number of hydrogen-bond acceptors (Lipinski definition) is 3. The summed E-state index contributed by atoms with van der Waals surface area (Å²) in [6, 6.07) is 7.79. The van der Waals surface area contributed by atoms with Crippen molar-refractivity contribution in [2.24, 2.45) is 5.92 Å². The lowest BCUT2D eigenvalue weighted by atomic mass is 10.2. The average molecular weight is 284 g/mol. The van der Waals surface area contributed by atoms with Crippen molar-refractivity contribution in [3.8, 4) is 0 Å². The van der Waals surface area contributed by atoms with Crippen LogP contribution in [0.5, 0.6) is 0 Å². The van der Waals surface area contributed by atoms with E-state index < -0.39 is 0 Å². The fraction of sp³-hybridized carbons (Fsp3) is 0.412. The zero-order valence-corrected chi connectivity index (χ0v) is 12.4. The molecule has 1 aliphatic carbocycles. The largest absolute Gasteiger partial charge is 0.466 e. The lowest BCUT2D eigenvalue weighted by molar-refractivity contribution is -0.116. The van der Waals surface area contributed by atoms with Crippen LogP contribution >= 0.6 is 0 Å². The summed E-state index contributed by atoms with van der Waals surface area (Å²) < 4.78 is 5.80. The molecular formula is C17H20N2O2. The number of hydrogen-bond donors (Lipinski definition) is 1. The van der Waals surface area contributed by atoms with Gasteiger partial charge in [0.15, 0.2) is 0 Å². The number of carbonyl (C=O) groups is 1. The standard InChI is InChI=1S/C17H20N2O2/c1-11-7-8-18-16(9-11)19-17(20)6-4-13-3-5-15(21-13)14-10-12(14)2/h3,5,7-9,12,14H,4,6,10H2,1-2H3,(H,18,19,20). The number of carbonyl (C=O) groups excluding carboxylic acids is 1. The van der Waals surface area contributed by atoms with Gasteiger partial charge in [-0.15, -0.1) is 0 Å². The molecule has 2 aromatic heterocycles. The Balaban J connectivity index is 1.50. The summed E-state index contributed by atoms with van der Waals surface area (Å²) in [6.07, 6.45) is 3.94. The predicted molar refractivity (Wildman–Crippen MR) is 81.2 cm³/mol. The maximum Gasteiger partial charge on any atom is 0.225 e. The van der Waals surface area contributed by atoms with Gasteiger partial charge in [-0.3, -0.25) is 4.79 Å². The van der Waals surface area contributed by atoms with Crippen molar-refractivity contribution in [3.63, 3.8) is 0 Å². The Morgan fingerprint density at radius 3 is 2.95 bits per heavy atom. The van der Waals surface area contributed by atoms with Crippen molar-refractivity contribution in [2.75, 3.05) is 5.32 Å². The third-order valence-corrected chi connectivity index (χ3v) is 3.94. The van der Waals surface area contributed by atoms with E-state index in [1.54, 1.807) is 6.20 Å². The summed E-state index contributed by atoms with van der Waals surface area (Å²) in [7, 11) is 0. The van der Waals surface area contributed by atoms with E-state index in [2.05, 4.69) is 17.2 Å². The Morgan fingerprint density at radius 1 is 1.43 bits per heavy atom. The molecule has 1 aliphatic rings. The molecule has 0 spiro atoms. The summed E-state index contributed by atoms with van der Waals surface area (Å²) in [5.74, 6) is 3.84. The molecule has 110 valence electrons. The minimum absolute atomic E-state index is 0.0363. The molecule has 1 saturated carbocycles. The molecule has 1 amide bonds. The fourth-order valence-corrected chi connectivity index (χ4v) is 2.49. The molecule has 0 aromatic carbocycles. The Labute approximate surface area is 124 Å². The summed E-state index contributed by atoms with van der Waals surface area (Å²) in [5, 5.41) is 2.81. The molecule has 2 unspecified atom stereocenters. The minimum atomic E-state index is -0.0363. The van der Waals surface area contributed by atoms with Crippen LogP contribution in [0.4, 0.5) is 5.82 Å². The van der Waals surface area contributed by atoms with E-state index in [9.17, 15) is 4.79 Å². The van der Waals surface area contributed by atoms with Crippen LogP contribution in [-0.2, 0) is 11.2 Å². The molecule has 0 radical (unpaired) electrons. The van der Waals surface area contributed by atoms with Gasteiger partial charge in [-0.1, -0.05) is 6.92 Å². The molecule has 1 fully saturated rings. The first-order valence-electron chi connectivity index (χ1n) is 7.43. The number of aryl methyl sites for hydroxylation is 2. The van der Waals surface area contributed by atoms with Crippen molar-refractivity contribution >= 4 is 11.7 Å². The number of pyridine rings is 1. The van der Waals surface area contributed by atoms with Gasteiger partial charge in [0, 0.05) is 25.0 Å². The lowest BCUT2D eigenvalue weighted by Gasteiger charge is -2.04. The number of rotatable bonds is 5. The Hall–Kier alpha value is -2.10. The summed E-state index contributed by atoms with van der Waals surface area (Å²) in [5.41, 5.74) is 1.08. The molecule has 2 atom stereocenters. The van der Waals surface area contributed by atoms with Crippen molar-refractivity contribution < 1.29 is 9.21 Å². The number of furan rings is 1. The van der Waals surface area contributed by atoms with E-state index in [4.69, 9.17) is 4.42 Å². The maximum absolute atomic E-state index is 11.9. The van der Waals surface area contributed by atoms with E-state index in [1.807, 2.05) is 31.2 Å². The Bertz CT molecular complexity index is 648. The number of amides is 1. The normalized spacial score (nSPS) is 20.3. The highest BCUT2D eigenvalue weighted by atomic mass is 16.3. The molecule has 0 bridgehead atoms. The van der Waals surface area contributed by atoms with Gasteiger partial charge in [0.05, 0.1) is 0 Å². The monoisotopic (exact) mass is 284 g/mol. The molecule has 2 heterocycles. The first-order chi connectivity index (χ1) is 10.1. The van der Waals surface area contributed by atoms with Crippen molar-refractivity contribution in [1.82, 2.24) is 4.98 Å². The van der Waals surface area contributed by atoms with Crippen LogP contribution < -0.4 is 5.32 Å². The molecule has 4 heteroatoms. The second-order valence-electron chi connectivity index (χ2n) is 5.89. The first-order valence-corrected chi connectivity index (χ1v) is 7.43. The third kappa shape index (κ3) is 3.51. The molecule has 0 aliphatic heterocycles. The molecule has 3 rings (SSSR count). The number of nitrogens with zero attached hydrogens (tertiary/aromatic N) is 1. The van der Waals surface area contributed by atoms with Gasteiger partial charge in [-0.25, -0.2) is 4.98 Å². The lowest BCUT2D eigenvalue weighted by Crippen LogP contribution is -2.13. The highest BCUT2D eigenvalue weighted by Crippen LogP contribution is 2.47. The molecule has 0 saturated heterocycles. The van der Waals surface area contributed by atoms with Gasteiger partial charge in [0.1, 0.15) is 17.3 Å². The molecular weight excluding hydrogens is 264 g/mol. The fourth-order valence-electron chi connectivity index (χ4n) is 2.49. The summed E-state index contributed by atoms with van der Waals surface area (Å²) >= 11 is 0. The second kappa shape index (κ2) is 5.72. The Morgan fingerprint density at radius 2 is 2.24 bits per heavy atom. The van der Waals surface area contributed by atoms with Gasteiger partial charge < -0.3 is 9.73 Å². The SMILES string of the molecule is Cc1ccnc(NC(=O)CCc2ccc(C3CC3C)o2)c1. The smallest absolute Gasteiger partial charge is 0.225 e. The van der Waals surface area contributed by atoms with E-state index in [1.165, 1.54) is 6.42 Å². The van der Waals surface area contributed by atoms with Gasteiger partial charge in [0.2, 0.25) is 5.91 Å². The van der Waals surface area contributed by atoms with E-state index in [-0.39, 0.29) is 5.91 Å². The molecule has 4 nitrogen and oxygen atoms in total. The summed E-state index contributed by atoms with van der Waals surface area (Å²) in [4.78, 5) is 16.0. The van der Waals surface area contributed by atoms with Crippen molar-refractivity contribution in [3.05, 3.63) is 47.5 Å². The zero-order valence-electron chi connectivity index (χ0n) is 12.4. The summed E-state index contributed by atoms with van der Waals surface area (Å²) in [6.45, 7) is 4.20. The van der Waals surface area contributed by atoms with Crippen LogP contribution in [0.3, 0.4) is 0 Å². The van der Waals surface area contributed by atoms with E-state index >= 15 is 0 Å².